The number of amides is 1. The van der Waals surface area contributed by atoms with Gasteiger partial charge in [0, 0.05) is 17.5 Å². The molecule has 26 heavy (non-hydrogen) atoms. The molecule has 0 saturated heterocycles. The van der Waals surface area contributed by atoms with Crippen LogP contribution in [0.25, 0.3) is 11.0 Å². The molecule has 1 aromatic carbocycles. The van der Waals surface area contributed by atoms with Gasteiger partial charge in [0.05, 0.1) is 6.42 Å². The topological polar surface area (TPSA) is 143 Å². The van der Waals surface area contributed by atoms with Crippen molar-refractivity contribution in [3.63, 3.8) is 0 Å². The lowest BCUT2D eigenvalue weighted by atomic mass is 10.1. The first-order valence-corrected chi connectivity index (χ1v) is 7.73. The molecule has 9 nitrogen and oxygen atoms in total. The number of ether oxygens (including phenoxy) is 1. The van der Waals surface area contributed by atoms with Crippen molar-refractivity contribution < 1.29 is 33.8 Å². The molecule has 1 amide bonds. The van der Waals surface area contributed by atoms with E-state index < -0.39 is 42.5 Å². The zero-order valence-corrected chi connectivity index (χ0v) is 13.9. The van der Waals surface area contributed by atoms with E-state index in [1.54, 1.807) is 12.1 Å². The van der Waals surface area contributed by atoms with E-state index in [1.807, 2.05) is 6.92 Å². The highest BCUT2D eigenvalue weighted by Gasteiger charge is 2.23. The Morgan fingerprint density at radius 3 is 2.58 bits per heavy atom. The van der Waals surface area contributed by atoms with E-state index >= 15 is 0 Å². The first kappa shape index (κ1) is 19.0. The summed E-state index contributed by atoms with van der Waals surface area (Å²) in [6.45, 7) is 1.38. The number of fused-ring (bicyclic) bond motifs is 1. The normalized spacial score (nSPS) is 11.7. The molecule has 1 atom stereocenters. The number of carbonyl (C=O) groups excluding carboxylic acids is 1. The third kappa shape index (κ3) is 4.82. The van der Waals surface area contributed by atoms with Crippen LogP contribution in [0.5, 0.6) is 5.75 Å². The first-order valence-electron chi connectivity index (χ1n) is 7.73. The minimum atomic E-state index is -1.55. The van der Waals surface area contributed by atoms with Crippen LogP contribution in [0.15, 0.2) is 33.5 Å². The van der Waals surface area contributed by atoms with Gasteiger partial charge in [-0.05, 0) is 24.1 Å². The summed E-state index contributed by atoms with van der Waals surface area (Å²) in [5.74, 6) is -3.35. The molecule has 0 spiro atoms. The number of nitrogens with one attached hydrogen (secondary N) is 1. The number of benzene rings is 1. The highest BCUT2D eigenvalue weighted by Crippen LogP contribution is 2.23. The Morgan fingerprint density at radius 2 is 1.96 bits per heavy atom. The molecule has 0 aliphatic carbocycles. The number of carbonyl (C=O) groups is 3. The van der Waals surface area contributed by atoms with Crippen LogP contribution >= 0.6 is 0 Å². The predicted octanol–water partition coefficient (Wildman–Crippen LogP) is 0.778. The van der Waals surface area contributed by atoms with E-state index in [4.69, 9.17) is 19.4 Å². The van der Waals surface area contributed by atoms with E-state index in [-0.39, 0.29) is 5.75 Å². The SMILES string of the molecule is CCc1cc(=O)oc2cc(OCC(=O)N[C@H](CC(=O)O)C(=O)O)ccc12. The Morgan fingerprint density at radius 1 is 1.23 bits per heavy atom. The molecule has 1 aromatic heterocycles. The monoisotopic (exact) mass is 363 g/mol. The van der Waals surface area contributed by atoms with Crippen molar-refractivity contribution >= 4 is 28.8 Å². The summed E-state index contributed by atoms with van der Waals surface area (Å²) in [6, 6.07) is 4.58. The minimum absolute atomic E-state index is 0.245. The van der Waals surface area contributed by atoms with Gasteiger partial charge in [-0.3, -0.25) is 9.59 Å². The quantitative estimate of drug-likeness (QED) is 0.584. The van der Waals surface area contributed by atoms with Gasteiger partial charge >= 0.3 is 17.6 Å². The summed E-state index contributed by atoms with van der Waals surface area (Å²) >= 11 is 0. The lowest BCUT2D eigenvalue weighted by Gasteiger charge is -2.13. The van der Waals surface area contributed by atoms with Gasteiger partial charge in [0.2, 0.25) is 0 Å². The molecule has 138 valence electrons. The average molecular weight is 363 g/mol. The number of aryl methyl sites for hydroxylation is 1. The summed E-state index contributed by atoms with van der Waals surface area (Å²) < 4.78 is 10.4. The molecule has 0 unspecified atom stereocenters. The molecule has 0 bridgehead atoms. The molecule has 0 saturated carbocycles. The van der Waals surface area contributed by atoms with Crippen LogP contribution in [0.2, 0.25) is 0 Å². The molecule has 0 aliphatic rings. The molecule has 0 radical (unpaired) electrons. The van der Waals surface area contributed by atoms with Gasteiger partial charge in [0.25, 0.3) is 5.91 Å². The van der Waals surface area contributed by atoms with E-state index in [2.05, 4.69) is 5.32 Å². The van der Waals surface area contributed by atoms with Gasteiger partial charge in [0.1, 0.15) is 17.4 Å². The zero-order chi connectivity index (χ0) is 19.3. The third-order valence-corrected chi connectivity index (χ3v) is 3.56. The molecular weight excluding hydrogens is 346 g/mol. The van der Waals surface area contributed by atoms with Gasteiger partial charge in [-0.2, -0.15) is 0 Å². The predicted molar refractivity (Wildman–Crippen MR) is 89.2 cm³/mol. The summed E-state index contributed by atoms with van der Waals surface area (Å²) in [4.78, 5) is 44.8. The summed E-state index contributed by atoms with van der Waals surface area (Å²) in [7, 11) is 0. The summed E-state index contributed by atoms with van der Waals surface area (Å²) in [5.41, 5.74) is 0.627. The average Bonchev–Trinajstić information content (AvgIpc) is 2.57. The van der Waals surface area contributed by atoms with Crippen molar-refractivity contribution in [1.82, 2.24) is 5.32 Å². The van der Waals surface area contributed by atoms with Crippen molar-refractivity contribution in [2.24, 2.45) is 0 Å². The fourth-order valence-corrected chi connectivity index (χ4v) is 2.35. The smallest absolute Gasteiger partial charge is 0.336 e. The molecular formula is C17H17NO8. The summed E-state index contributed by atoms with van der Waals surface area (Å²) in [6.07, 6.45) is -0.104. The molecule has 3 N–H and O–H groups in total. The Kier molecular flexibility index (Phi) is 5.94. The van der Waals surface area contributed by atoms with Gasteiger partial charge in [0.15, 0.2) is 6.61 Å². The van der Waals surface area contributed by atoms with Crippen molar-refractivity contribution in [1.29, 1.82) is 0 Å². The lowest BCUT2D eigenvalue weighted by Crippen LogP contribution is -2.44. The van der Waals surface area contributed by atoms with Crippen LogP contribution in [-0.2, 0) is 20.8 Å². The number of rotatable bonds is 8. The van der Waals surface area contributed by atoms with Gasteiger partial charge in [-0.25, -0.2) is 9.59 Å². The van der Waals surface area contributed by atoms with Crippen LogP contribution in [-0.4, -0.2) is 40.7 Å². The second kappa shape index (κ2) is 8.15. The van der Waals surface area contributed by atoms with Crippen LogP contribution in [0.3, 0.4) is 0 Å². The number of hydrogen-bond donors (Lipinski definition) is 3. The van der Waals surface area contributed by atoms with Gasteiger partial charge < -0.3 is 24.7 Å². The number of aliphatic carboxylic acids is 2. The van der Waals surface area contributed by atoms with Crippen LogP contribution in [0.1, 0.15) is 18.9 Å². The van der Waals surface area contributed by atoms with Crippen LogP contribution < -0.4 is 15.7 Å². The Bertz CT molecular complexity index is 901. The second-order valence-corrected chi connectivity index (χ2v) is 5.45. The second-order valence-electron chi connectivity index (χ2n) is 5.45. The third-order valence-electron chi connectivity index (χ3n) is 3.56. The first-order chi connectivity index (χ1) is 12.3. The van der Waals surface area contributed by atoms with Crippen molar-refractivity contribution in [2.45, 2.75) is 25.8 Å². The van der Waals surface area contributed by atoms with Crippen molar-refractivity contribution in [3.05, 3.63) is 40.2 Å². The highest BCUT2D eigenvalue weighted by atomic mass is 16.5. The van der Waals surface area contributed by atoms with E-state index in [1.165, 1.54) is 12.1 Å². The molecule has 2 rings (SSSR count). The summed E-state index contributed by atoms with van der Waals surface area (Å²) in [5, 5.41) is 20.3. The minimum Gasteiger partial charge on any atom is -0.484 e. The zero-order valence-electron chi connectivity index (χ0n) is 13.9. The molecule has 2 aromatic rings. The number of hydrogen-bond acceptors (Lipinski definition) is 6. The maximum atomic E-state index is 11.8. The van der Waals surface area contributed by atoms with Crippen LogP contribution in [0, 0.1) is 0 Å². The molecule has 0 aliphatic heterocycles. The molecule has 9 heteroatoms. The Balaban J connectivity index is 2.07. The van der Waals surface area contributed by atoms with Crippen molar-refractivity contribution in [2.75, 3.05) is 6.61 Å². The fourth-order valence-electron chi connectivity index (χ4n) is 2.35. The molecule has 0 fully saturated rings. The standard InChI is InChI=1S/C17H17NO8/c1-2-9-5-16(22)26-13-6-10(3-4-11(9)13)25-8-14(19)18-12(17(23)24)7-15(20)21/h3-6,12H,2,7-8H2,1H3,(H,18,19)(H,20,21)(H,23,24)/t12-/m1/s1. The largest absolute Gasteiger partial charge is 0.484 e. The lowest BCUT2D eigenvalue weighted by molar-refractivity contribution is -0.147. The van der Waals surface area contributed by atoms with Gasteiger partial charge in [-0.1, -0.05) is 6.92 Å². The number of carboxylic acids is 2. The van der Waals surface area contributed by atoms with Crippen LogP contribution in [0.4, 0.5) is 0 Å². The maximum absolute atomic E-state index is 11.8. The van der Waals surface area contributed by atoms with Gasteiger partial charge in [-0.15, -0.1) is 0 Å². The van der Waals surface area contributed by atoms with E-state index in [0.717, 1.165) is 10.9 Å². The Labute approximate surface area is 147 Å². The van der Waals surface area contributed by atoms with Crippen molar-refractivity contribution in [3.8, 4) is 5.75 Å². The Hall–Kier alpha value is -3.36. The molecule has 1 heterocycles. The number of carboxylic acid groups (broad SMARTS) is 2. The highest BCUT2D eigenvalue weighted by molar-refractivity contribution is 5.87. The maximum Gasteiger partial charge on any atom is 0.336 e. The van der Waals surface area contributed by atoms with E-state index in [9.17, 15) is 19.2 Å². The fraction of sp³-hybridized carbons (Fsp3) is 0.294. The van der Waals surface area contributed by atoms with E-state index in [0.29, 0.717) is 12.0 Å².